The van der Waals surface area contributed by atoms with Gasteiger partial charge in [0, 0.05) is 19.3 Å². The fraction of sp³-hybridized carbons (Fsp3) is 0.647. The highest BCUT2D eigenvalue weighted by Crippen LogP contribution is 2.37. The van der Waals surface area contributed by atoms with E-state index in [2.05, 4.69) is 9.97 Å². The number of H-pyrrole nitrogens is 1. The van der Waals surface area contributed by atoms with Crippen LogP contribution in [-0.2, 0) is 4.79 Å². The van der Waals surface area contributed by atoms with Crippen LogP contribution in [0.25, 0.3) is 0 Å². The first-order valence-corrected chi connectivity index (χ1v) is 8.44. The second kappa shape index (κ2) is 7.35. The average molecular weight is 351 g/mol. The van der Waals surface area contributed by atoms with Crippen molar-refractivity contribution >= 4 is 11.9 Å². The number of amides is 1. The maximum atomic E-state index is 12.7. The van der Waals surface area contributed by atoms with Gasteiger partial charge in [-0.15, -0.1) is 0 Å². The molecule has 1 fully saturated rings. The molecule has 8 nitrogen and oxygen atoms in total. The molecular formula is C17H25N3O5. The number of carbonyl (C=O) groups excluding carboxylic acids is 1. The van der Waals surface area contributed by atoms with Crippen LogP contribution in [0.5, 0.6) is 0 Å². The lowest BCUT2D eigenvalue weighted by Crippen LogP contribution is -2.57. The number of carboxylic acids is 1. The molecular weight excluding hydrogens is 326 g/mol. The monoisotopic (exact) mass is 351 g/mol. The molecule has 1 amide bonds. The van der Waals surface area contributed by atoms with Crippen LogP contribution in [0, 0.1) is 18.3 Å². The molecule has 138 valence electrons. The summed E-state index contributed by atoms with van der Waals surface area (Å²) in [6.45, 7) is 5.64. The van der Waals surface area contributed by atoms with Crippen LogP contribution in [-0.4, -0.2) is 56.2 Å². The number of aliphatic carboxylic acids is 1. The van der Waals surface area contributed by atoms with Gasteiger partial charge in [0.05, 0.1) is 6.10 Å². The summed E-state index contributed by atoms with van der Waals surface area (Å²) in [5.74, 6) is -1.00. The van der Waals surface area contributed by atoms with E-state index < -0.39 is 29.0 Å². The molecule has 0 unspecified atom stereocenters. The summed E-state index contributed by atoms with van der Waals surface area (Å²) >= 11 is 0. The lowest BCUT2D eigenvalue weighted by atomic mass is 9.72. The van der Waals surface area contributed by atoms with E-state index in [0.29, 0.717) is 12.2 Å². The van der Waals surface area contributed by atoms with Crippen molar-refractivity contribution in [3.63, 3.8) is 0 Å². The predicted molar refractivity (Wildman–Crippen MR) is 90.3 cm³/mol. The Kier molecular flexibility index (Phi) is 5.62. The van der Waals surface area contributed by atoms with Crippen molar-refractivity contribution < 1.29 is 19.8 Å². The number of piperidine rings is 1. The SMILES string of the molecule is Cc1ncc(C(=O)N2CC[C@H](O)[C@](CCC(C)C)(C(=O)O)C2)c(=O)[nH]1. The van der Waals surface area contributed by atoms with E-state index in [4.69, 9.17) is 0 Å². The van der Waals surface area contributed by atoms with E-state index >= 15 is 0 Å². The zero-order valence-electron chi connectivity index (χ0n) is 14.8. The molecule has 3 N–H and O–H groups in total. The third-order valence-corrected chi connectivity index (χ3v) is 4.82. The van der Waals surface area contributed by atoms with Crippen molar-refractivity contribution in [2.24, 2.45) is 11.3 Å². The number of aliphatic hydroxyl groups excluding tert-OH is 1. The molecule has 0 aliphatic carbocycles. The zero-order valence-corrected chi connectivity index (χ0v) is 14.8. The van der Waals surface area contributed by atoms with Gasteiger partial charge in [-0.05, 0) is 32.1 Å². The fourth-order valence-electron chi connectivity index (χ4n) is 3.17. The van der Waals surface area contributed by atoms with E-state index in [0.717, 1.165) is 0 Å². The Morgan fingerprint density at radius 2 is 2.16 bits per heavy atom. The Labute approximate surface area is 145 Å². The number of aliphatic hydroxyl groups is 1. The van der Waals surface area contributed by atoms with Crippen LogP contribution in [0.4, 0.5) is 0 Å². The largest absolute Gasteiger partial charge is 0.481 e. The van der Waals surface area contributed by atoms with E-state index in [9.17, 15) is 24.6 Å². The minimum atomic E-state index is -1.41. The van der Waals surface area contributed by atoms with Crippen molar-refractivity contribution in [2.75, 3.05) is 13.1 Å². The molecule has 2 heterocycles. The molecule has 0 saturated carbocycles. The Hall–Kier alpha value is -2.22. The smallest absolute Gasteiger partial charge is 0.314 e. The number of aryl methyl sites for hydroxylation is 1. The topological polar surface area (TPSA) is 124 Å². The molecule has 1 aliphatic heterocycles. The van der Waals surface area contributed by atoms with Gasteiger partial charge in [-0.2, -0.15) is 0 Å². The number of carboxylic acid groups (broad SMARTS) is 1. The standard InChI is InChI=1S/C17H25N3O5/c1-10(2)4-6-17(16(24)25)9-20(7-5-13(17)21)15(23)12-8-18-11(3)19-14(12)22/h8,10,13,21H,4-7,9H2,1-3H3,(H,24,25)(H,18,19,22)/t13-,17+/m0/s1. The van der Waals surface area contributed by atoms with Gasteiger partial charge >= 0.3 is 5.97 Å². The molecule has 8 heteroatoms. The summed E-state index contributed by atoms with van der Waals surface area (Å²) in [5, 5.41) is 20.1. The summed E-state index contributed by atoms with van der Waals surface area (Å²) in [6.07, 6.45) is 1.24. The number of carbonyl (C=O) groups is 2. The van der Waals surface area contributed by atoms with Crippen LogP contribution in [0.1, 0.15) is 49.3 Å². The van der Waals surface area contributed by atoms with Gasteiger partial charge in [-0.1, -0.05) is 13.8 Å². The van der Waals surface area contributed by atoms with E-state index in [-0.39, 0.29) is 37.4 Å². The van der Waals surface area contributed by atoms with Crippen molar-refractivity contribution in [2.45, 2.75) is 46.1 Å². The summed E-state index contributed by atoms with van der Waals surface area (Å²) in [7, 11) is 0. The highest BCUT2D eigenvalue weighted by atomic mass is 16.4. The van der Waals surface area contributed by atoms with Gasteiger partial charge < -0.3 is 20.1 Å². The molecule has 0 bridgehead atoms. The Morgan fingerprint density at radius 1 is 1.48 bits per heavy atom. The third kappa shape index (κ3) is 3.89. The maximum absolute atomic E-state index is 12.7. The molecule has 0 spiro atoms. The van der Waals surface area contributed by atoms with Crippen molar-refractivity contribution in [3.05, 3.63) is 27.9 Å². The number of nitrogens with one attached hydrogen (secondary N) is 1. The molecule has 1 aromatic heterocycles. The van der Waals surface area contributed by atoms with Crippen molar-refractivity contribution in [3.8, 4) is 0 Å². The highest BCUT2D eigenvalue weighted by Gasteiger charge is 2.50. The molecule has 2 rings (SSSR count). The molecule has 2 atom stereocenters. The van der Waals surface area contributed by atoms with Gasteiger partial charge in [0.15, 0.2) is 0 Å². The second-order valence-electron chi connectivity index (χ2n) is 7.14. The Morgan fingerprint density at radius 3 is 2.72 bits per heavy atom. The van der Waals surface area contributed by atoms with Gasteiger partial charge in [0.1, 0.15) is 16.8 Å². The minimum absolute atomic E-state index is 0.120. The quantitative estimate of drug-likeness (QED) is 0.721. The van der Waals surface area contributed by atoms with Crippen LogP contribution in [0.3, 0.4) is 0 Å². The number of hydrogen-bond donors (Lipinski definition) is 3. The number of aromatic amines is 1. The molecule has 0 aromatic carbocycles. The van der Waals surface area contributed by atoms with Crippen LogP contribution < -0.4 is 5.56 Å². The van der Waals surface area contributed by atoms with Crippen molar-refractivity contribution in [1.29, 1.82) is 0 Å². The Bertz CT molecular complexity index is 714. The van der Waals surface area contributed by atoms with E-state index in [1.807, 2.05) is 13.8 Å². The Balaban J connectivity index is 2.29. The molecule has 1 aliphatic rings. The first kappa shape index (κ1) is 19.1. The lowest BCUT2D eigenvalue weighted by molar-refractivity contribution is -0.163. The summed E-state index contributed by atoms with van der Waals surface area (Å²) in [4.78, 5) is 44.3. The molecule has 0 radical (unpaired) electrons. The van der Waals surface area contributed by atoms with Crippen LogP contribution in [0.2, 0.25) is 0 Å². The summed E-state index contributed by atoms with van der Waals surface area (Å²) in [5.41, 5.74) is -2.08. The van der Waals surface area contributed by atoms with Crippen molar-refractivity contribution in [1.82, 2.24) is 14.9 Å². The van der Waals surface area contributed by atoms with Gasteiger partial charge in [0.25, 0.3) is 11.5 Å². The zero-order chi connectivity index (χ0) is 18.8. The predicted octanol–water partition coefficient (Wildman–Crippen LogP) is 0.792. The number of hydrogen-bond acceptors (Lipinski definition) is 5. The molecule has 1 aromatic rings. The van der Waals surface area contributed by atoms with Gasteiger partial charge in [0.2, 0.25) is 0 Å². The van der Waals surface area contributed by atoms with E-state index in [1.165, 1.54) is 11.1 Å². The number of nitrogens with zero attached hydrogens (tertiary/aromatic N) is 2. The normalized spacial score (nSPS) is 23.7. The maximum Gasteiger partial charge on any atom is 0.314 e. The van der Waals surface area contributed by atoms with Gasteiger partial charge in [-0.3, -0.25) is 14.4 Å². The second-order valence-corrected chi connectivity index (χ2v) is 7.14. The summed E-state index contributed by atoms with van der Waals surface area (Å²) in [6, 6.07) is 0. The molecule has 25 heavy (non-hydrogen) atoms. The number of aromatic nitrogens is 2. The average Bonchev–Trinajstić information content (AvgIpc) is 2.53. The first-order valence-electron chi connectivity index (χ1n) is 8.44. The lowest BCUT2D eigenvalue weighted by Gasteiger charge is -2.43. The minimum Gasteiger partial charge on any atom is -0.481 e. The summed E-state index contributed by atoms with van der Waals surface area (Å²) < 4.78 is 0. The number of likely N-dealkylation sites (tertiary alicyclic amines) is 1. The molecule has 1 saturated heterocycles. The van der Waals surface area contributed by atoms with E-state index in [1.54, 1.807) is 6.92 Å². The van der Waals surface area contributed by atoms with Crippen LogP contribution in [0.15, 0.2) is 11.0 Å². The fourth-order valence-corrected chi connectivity index (χ4v) is 3.17. The van der Waals surface area contributed by atoms with Crippen LogP contribution >= 0.6 is 0 Å². The van der Waals surface area contributed by atoms with Gasteiger partial charge in [-0.25, -0.2) is 4.98 Å². The first-order chi connectivity index (χ1) is 11.7. The highest BCUT2D eigenvalue weighted by molar-refractivity contribution is 5.94. The third-order valence-electron chi connectivity index (χ3n) is 4.82. The number of rotatable bonds is 5.